The number of rotatable bonds is 4. The molecular weight excluding hydrogens is 188 g/mol. The zero-order chi connectivity index (χ0) is 11.3. The van der Waals surface area contributed by atoms with Gasteiger partial charge in [-0.05, 0) is 43.5 Å². The second-order valence-electron chi connectivity index (χ2n) is 3.41. The molecule has 0 aromatic heterocycles. The van der Waals surface area contributed by atoms with Crippen LogP contribution in [0.25, 0.3) is 0 Å². The summed E-state index contributed by atoms with van der Waals surface area (Å²) < 4.78 is 5.28. The van der Waals surface area contributed by atoms with E-state index in [1.165, 1.54) is 16.7 Å². The second-order valence-corrected chi connectivity index (χ2v) is 3.41. The Labute approximate surface area is 91.1 Å². The Bertz CT molecular complexity index is 359. The predicted octanol–water partition coefficient (Wildman–Crippen LogP) is 2.41. The van der Waals surface area contributed by atoms with Crippen molar-refractivity contribution in [3.05, 3.63) is 28.8 Å². The number of hydrogen-bond acceptors (Lipinski definition) is 3. The van der Waals surface area contributed by atoms with E-state index in [1.54, 1.807) is 13.3 Å². The molecule has 1 aromatic carbocycles. The number of nitrogens with one attached hydrogen (secondary N) is 1. The minimum Gasteiger partial charge on any atom is -0.496 e. The van der Waals surface area contributed by atoms with Crippen LogP contribution in [0.2, 0.25) is 0 Å². The molecule has 0 aliphatic heterocycles. The summed E-state index contributed by atoms with van der Waals surface area (Å²) in [4.78, 5) is 0. The van der Waals surface area contributed by atoms with Crippen molar-refractivity contribution in [1.82, 2.24) is 5.43 Å². The zero-order valence-corrected chi connectivity index (χ0v) is 9.79. The Kier molecular flexibility index (Phi) is 4.16. The summed E-state index contributed by atoms with van der Waals surface area (Å²) in [6.07, 6.45) is 1.74. The standard InChI is InChI=1S/C12H18N2O/c1-5-13-14-8-11-9(2)6-7-12(15-4)10(11)3/h5-7,14H,8H2,1-4H3/b13-5+. The largest absolute Gasteiger partial charge is 0.496 e. The van der Waals surface area contributed by atoms with Gasteiger partial charge in [-0.25, -0.2) is 0 Å². The summed E-state index contributed by atoms with van der Waals surface area (Å²) in [5.74, 6) is 0.929. The average Bonchev–Trinajstić information content (AvgIpc) is 2.23. The molecule has 0 aliphatic carbocycles. The molecule has 0 fully saturated rings. The van der Waals surface area contributed by atoms with Gasteiger partial charge in [0.2, 0.25) is 0 Å². The lowest BCUT2D eigenvalue weighted by Crippen LogP contribution is -2.08. The van der Waals surface area contributed by atoms with Crippen LogP contribution in [0, 0.1) is 13.8 Å². The van der Waals surface area contributed by atoms with Gasteiger partial charge in [0, 0.05) is 6.21 Å². The van der Waals surface area contributed by atoms with E-state index in [-0.39, 0.29) is 0 Å². The van der Waals surface area contributed by atoms with E-state index in [0.29, 0.717) is 0 Å². The summed E-state index contributed by atoms with van der Waals surface area (Å²) in [7, 11) is 1.69. The van der Waals surface area contributed by atoms with Crippen molar-refractivity contribution >= 4 is 6.21 Å². The van der Waals surface area contributed by atoms with Crippen LogP contribution >= 0.6 is 0 Å². The molecule has 0 spiro atoms. The molecule has 0 radical (unpaired) electrons. The maximum atomic E-state index is 5.28. The number of benzene rings is 1. The van der Waals surface area contributed by atoms with Crippen molar-refractivity contribution in [1.29, 1.82) is 0 Å². The van der Waals surface area contributed by atoms with Crippen LogP contribution in [0.3, 0.4) is 0 Å². The summed E-state index contributed by atoms with van der Waals surface area (Å²) >= 11 is 0. The Balaban J connectivity index is 2.93. The number of methoxy groups -OCH3 is 1. The highest BCUT2D eigenvalue weighted by Gasteiger charge is 2.06. The average molecular weight is 206 g/mol. The van der Waals surface area contributed by atoms with E-state index < -0.39 is 0 Å². The molecule has 0 heterocycles. The van der Waals surface area contributed by atoms with Crippen LogP contribution in [0.4, 0.5) is 0 Å². The molecule has 1 N–H and O–H groups in total. The lowest BCUT2D eigenvalue weighted by atomic mass is 10.0. The van der Waals surface area contributed by atoms with Crippen LogP contribution in [0.5, 0.6) is 5.75 Å². The van der Waals surface area contributed by atoms with Crippen LogP contribution in [0.1, 0.15) is 23.6 Å². The molecule has 0 atom stereocenters. The van der Waals surface area contributed by atoms with Gasteiger partial charge in [0.05, 0.1) is 13.7 Å². The molecule has 3 nitrogen and oxygen atoms in total. The highest BCUT2D eigenvalue weighted by Crippen LogP contribution is 2.23. The van der Waals surface area contributed by atoms with Gasteiger partial charge < -0.3 is 10.2 Å². The maximum Gasteiger partial charge on any atom is 0.122 e. The Morgan fingerprint density at radius 3 is 2.73 bits per heavy atom. The van der Waals surface area contributed by atoms with E-state index in [4.69, 9.17) is 4.74 Å². The smallest absolute Gasteiger partial charge is 0.122 e. The topological polar surface area (TPSA) is 33.6 Å². The summed E-state index contributed by atoms with van der Waals surface area (Å²) in [5, 5.41) is 3.99. The number of ether oxygens (including phenoxy) is 1. The zero-order valence-electron chi connectivity index (χ0n) is 9.79. The monoisotopic (exact) mass is 206 g/mol. The Hall–Kier alpha value is -1.51. The lowest BCUT2D eigenvalue weighted by Gasteiger charge is -2.13. The fourth-order valence-electron chi connectivity index (χ4n) is 1.58. The molecular formula is C12H18N2O. The number of aryl methyl sites for hydroxylation is 1. The van der Waals surface area contributed by atoms with Crippen LogP contribution in [-0.2, 0) is 6.54 Å². The third-order valence-electron chi connectivity index (χ3n) is 2.48. The molecule has 0 aliphatic rings. The quantitative estimate of drug-likeness (QED) is 0.606. The van der Waals surface area contributed by atoms with Crippen molar-refractivity contribution in [2.24, 2.45) is 5.10 Å². The maximum absolute atomic E-state index is 5.28. The van der Waals surface area contributed by atoms with Crippen LogP contribution < -0.4 is 10.2 Å². The Morgan fingerprint density at radius 2 is 2.13 bits per heavy atom. The Morgan fingerprint density at radius 1 is 1.40 bits per heavy atom. The molecule has 0 saturated carbocycles. The van der Waals surface area contributed by atoms with Crippen LogP contribution in [-0.4, -0.2) is 13.3 Å². The summed E-state index contributed by atoms with van der Waals surface area (Å²) in [6.45, 7) is 6.79. The first-order valence-electron chi connectivity index (χ1n) is 5.04. The number of hydrazone groups is 1. The summed E-state index contributed by atoms with van der Waals surface area (Å²) in [5.41, 5.74) is 6.68. The van der Waals surface area contributed by atoms with E-state index in [9.17, 15) is 0 Å². The number of nitrogens with zero attached hydrogens (tertiary/aromatic N) is 1. The van der Waals surface area contributed by atoms with Crippen molar-refractivity contribution in [2.75, 3.05) is 7.11 Å². The fraction of sp³-hybridized carbons (Fsp3) is 0.417. The molecule has 82 valence electrons. The van der Waals surface area contributed by atoms with Gasteiger partial charge in [-0.1, -0.05) is 6.07 Å². The van der Waals surface area contributed by atoms with Gasteiger partial charge in [0.25, 0.3) is 0 Å². The van der Waals surface area contributed by atoms with Gasteiger partial charge in [-0.2, -0.15) is 5.10 Å². The second kappa shape index (κ2) is 5.39. The highest BCUT2D eigenvalue weighted by atomic mass is 16.5. The van der Waals surface area contributed by atoms with Gasteiger partial charge >= 0.3 is 0 Å². The van der Waals surface area contributed by atoms with Crippen LogP contribution in [0.15, 0.2) is 17.2 Å². The number of hydrogen-bond donors (Lipinski definition) is 1. The highest BCUT2D eigenvalue weighted by molar-refractivity contribution is 5.52. The van der Waals surface area contributed by atoms with Crippen molar-refractivity contribution < 1.29 is 4.74 Å². The third kappa shape index (κ3) is 2.72. The van der Waals surface area contributed by atoms with Crippen molar-refractivity contribution in [2.45, 2.75) is 27.3 Å². The SMILES string of the molecule is C/C=N/NCc1c(C)ccc(OC)c1C. The molecule has 0 bridgehead atoms. The molecule has 0 unspecified atom stereocenters. The lowest BCUT2D eigenvalue weighted by molar-refractivity contribution is 0.410. The van der Waals surface area contributed by atoms with Gasteiger partial charge in [-0.3, -0.25) is 0 Å². The summed E-state index contributed by atoms with van der Waals surface area (Å²) in [6, 6.07) is 4.07. The normalized spacial score (nSPS) is 10.7. The van der Waals surface area contributed by atoms with E-state index >= 15 is 0 Å². The van der Waals surface area contributed by atoms with E-state index in [2.05, 4.69) is 30.4 Å². The fourth-order valence-corrected chi connectivity index (χ4v) is 1.58. The molecule has 15 heavy (non-hydrogen) atoms. The molecule has 1 aromatic rings. The van der Waals surface area contributed by atoms with Gasteiger partial charge in [0.1, 0.15) is 5.75 Å². The third-order valence-corrected chi connectivity index (χ3v) is 2.48. The minimum absolute atomic E-state index is 0.735. The predicted molar refractivity (Wildman–Crippen MR) is 63.5 cm³/mol. The van der Waals surface area contributed by atoms with Gasteiger partial charge in [0.15, 0.2) is 0 Å². The van der Waals surface area contributed by atoms with Gasteiger partial charge in [-0.15, -0.1) is 0 Å². The van der Waals surface area contributed by atoms with Crippen molar-refractivity contribution in [3.8, 4) is 5.75 Å². The molecule has 0 amide bonds. The van der Waals surface area contributed by atoms with E-state index in [0.717, 1.165) is 12.3 Å². The molecule has 3 heteroatoms. The molecule has 0 saturated heterocycles. The first kappa shape index (κ1) is 11.6. The van der Waals surface area contributed by atoms with E-state index in [1.807, 2.05) is 13.0 Å². The first-order valence-corrected chi connectivity index (χ1v) is 5.04. The minimum atomic E-state index is 0.735. The molecule has 1 rings (SSSR count). The van der Waals surface area contributed by atoms with Crippen molar-refractivity contribution in [3.63, 3.8) is 0 Å². The first-order chi connectivity index (χ1) is 7.20.